The van der Waals surface area contributed by atoms with Crippen molar-refractivity contribution >= 4 is 28.4 Å². The van der Waals surface area contributed by atoms with Crippen LogP contribution in [0.3, 0.4) is 0 Å². The summed E-state index contributed by atoms with van der Waals surface area (Å²) in [6, 6.07) is 16.0. The summed E-state index contributed by atoms with van der Waals surface area (Å²) in [7, 11) is 0. The fraction of sp³-hybridized carbons (Fsp3) is 0.304. The lowest BCUT2D eigenvalue weighted by atomic mass is 9.80. The number of anilines is 1. The predicted octanol–water partition coefficient (Wildman–Crippen LogP) is 3.57. The van der Waals surface area contributed by atoms with Gasteiger partial charge in [-0.15, -0.1) is 0 Å². The van der Waals surface area contributed by atoms with Crippen LogP contribution in [0.4, 0.5) is 5.69 Å². The third kappa shape index (κ3) is 1.91. The molecule has 3 heterocycles. The van der Waals surface area contributed by atoms with Crippen molar-refractivity contribution in [2.75, 3.05) is 11.4 Å². The molecule has 2 amide bonds. The van der Waals surface area contributed by atoms with Crippen molar-refractivity contribution in [3.63, 3.8) is 0 Å². The summed E-state index contributed by atoms with van der Waals surface area (Å²) in [5, 5.41) is 1.13. The number of H-pyrrole nitrogens is 1. The number of nitrogens with zero attached hydrogens (tertiary/aromatic N) is 2. The highest BCUT2D eigenvalue weighted by molar-refractivity contribution is 6.13. The second kappa shape index (κ2) is 5.71. The first kappa shape index (κ1) is 17.0. The summed E-state index contributed by atoms with van der Waals surface area (Å²) in [4.78, 5) is 33.9. The number of rotatable bonds is 1. The molecular weight excluding hydrogens is 350 g/mol. The second-order valence-corrected chi connectivity index (χ2v) is 7.94. The number of aromatic amines is 1. The molecule has 0 saturated carbocycles. The summed E-state index contributed by atoms with van der Waals surface area (Å²) >= 11 is 0. The van der Waals surface area contributed by atoms with Crippen molar-refractivity contribution < 1.29 is 9.59 Å². The van der Waals surface area contributed by atoms with Gasteiger partial charge >= 0.3 is 0 Å². The number of carbonyl (C=O) groups is 2. The van der Waals surface area contributed by atoms with E-state index >= 15 is 0 Å². The van der Waals surface area contributed by atoms with Gasteiger partial charge in [0.1, 0.15) is 0 Å². The Balaban J connectivity index is 1.91. The minimum absolute atomic E-state index is 0.00316. The van der Waals surface area contributed by atoms with Crippen LogP contribution < -0.4 is 4.90 Å². The average Bonchev–Trinajstić information content (AvgIpc) is 3.17. The van der Waals surface area contributed by atoms with Crippen LogP contribution in [0.5, 0.6) is 0 Å². The van der Waals surface area contributed by atoms with E-state index in [0.29, 0.717) is 6.54 Å². The molecule has 0 fully saturated rings. The predicted molar refractivity (Wildman–Crippen MR) is 109 cm³/mol. The Hall–Kier alpha value is -3.08. The summed E-state index contributed by atoms with van der Waals surface area (Å²) in [6.07, 6.45) is 0.734. The molecule has 5 rings (SSSR count). The number of para-hydroxylation sites is 2. The Morgan fingerprint density at radius 3 is 2.57 bits per heavy atom. The van der Waals surface area contributed by atoms with E-state index in [0.717, 1.165) is 39.8 Å². The summed E-state index contributed by atoms with van der Waals surface area (Å²) < 4.78 is 0. The molecule has 3 aromatic rings. The van der Waals surface area contributed by atoms with Crippen LogP contribution in [0.25, 0.3) is 10.9 Å². The van der Waals surface area contributed by atoms with Gasteiger partial charge in [0.15, 0.2) is 5.54 Å². The highest BCUT2D eigenvalue weighted by Crippen LogP contribution is 2.52. The number of amides is 2. The number of aromatic nitrogens is 1. The quantitative estimate of drug-likeness (QED) is 0.709. The molecule has 2 aliphatic rings. The Morgan fingerprint density at radius 2 is 1.82 bits per heavy atom. The molecular formula is C23H23N3O2. The second-order valence-electron chi connectivity index (χ2n) is 7.94. The van der Waals surface area contributed by atoms with Crippen molar-refractivity contribution in [2.24, 2.45) is 0 Å². The van der Waals surface area contributed by atoms with E-state index in [-0.39, 0.29) is 17.9 Å². The highest BCUT2D eigenvalue weighted by atomic mass is 16.2. The number of carbonyl (C=O) groups excluding carboxylic acids is 2. The first-order valence-electron chi connectivity index (χ1n) is 9.79. The number of hydrogen-bond acceptors (Lipinski definition) is 2. The molecule has 0 aliphatic carbocycles. The Morgan fingerprint density at radius 1 is 1.11 bits per heavy atom. The normalized spacial score (nSPS) is 20.9. The maximum Gasteiger partial charge on any atom is 0.264 e. The van der Waals surface area contributed by atoms with Crippen LogP contribution in [-0.4, -0.2) is 34.3 Å². The third-order valence-electron chi connectivity index (χ3n) is 6.14. The molecule has 2 aromatic carbocycles. The summed E-state index contributed by atoms with van der Waals surface area (Å²) in [5.41, 5.74) is 3.64. The monoisotopic (exact) mass is 373 g/mol. The van der Waals surface area contributed by atoms with Crippen molar-refractivity contribution in [1.29, 1.82) is 0 Å². The van der Waals surface area contributed by atoms with Crippen LogP contribution in [0.2, 0.25) is 0 Å². The fourth-order valence-electron chi connectivity index (χ4n) is 5.09. The molecule has 1 atom stereocenters. The zero-order valence-corrected chi connectivity index (χ0v) is 16.3. The number of nitrogens with one attached hydrogen (secondary N) is 1. The van der Waals surface area contributed by atoms with Crippen LogP contribution in [0.1, 0.15) is 37.6 Å². The van der Waals surface area contributed by atoms with Gasteiger partial charge in [0, 0.05) is 36.0 Å². The largest absolute Gasteiger partial charge is 0.355 e. The lowest BCUT2D eigenvalue weighted by molar-refractivity contribution is -0.143. The standard InChI is InChI=1S/C23H23N3O2/c1-14(2)26-20-11-7-5-9-18(20)23(22(26)28)21-17(12-13-25(23)15(3)27)16-8-4-6-10-19(16)24-21/h4-11,14,24H,12-13H2,1-3H3/t23-/m1/s1. The minimum Gasteiger partial charge on any atom is -0.355 e. The van der Waals surface area contributed by atoms with Gasteiger partial charge in [-0.25, -0.2) is 0 Å². The molecule has 5 nitrogen and oxygen atoms in total. The maximum atomic E-state index is 14.0. The molecule has 1 N–H and O–H groups in total. The van der Waals surface area contributed by atoms with Crippen molar-refractivity contribution in [2.45, 2.75) is 38.8 Å². The molecule has 2 aliphatic heterocycles. The van der Waals surface area contributed by atoms with Gasteiger partial charge in [-0.05, 0) is 38.0 Å². The number of fused-ring (bicyclic) bond motifs is 6. The van der Waals surface area contributed by atoms with Gasteiger partial charge < -0.3 is 14.8 Å². The zero-order chi connectivity index (χ0) is 19.6. The minimum atomic E-state index is -1.13. The van der Waals surface area contributed by atoms with Crippen molar-refractivity contribution in [1.82, 2.24) is 9.88 Å². The smallest absolute Gasteiger partial charge is 0.264 e. The van der Waals surface area contributed by atoms with E-state index < -0.39 is 5.54 Å². The molecule has 1 aromatic heterocycles. The molecule has 142 valence electrons. The Labute approximate surface area is 163 Å². The van der Waals surface area contributed by atoms with Crippen LogP contribution in [0.15, 0.2) is 48.5 Å². The summed E-state index contributed by atoms with van der Waals surface area (Å²) in [5.74, 6) is -0.135. The Bertz CT molecular complexity index is 1130. The van der Waals surface area contributed by atoms with Gasteiger partial charge in [0.2, 0.25) is 5.91 Å². The van der Waals surface area contributed by atoms with Crippen molar-refractivity contribution in [3.8, 4) is 0 Å². The van der Waals surface area contributed by atoms with E-state index in [2.05, 4.69) is 11.1 Å². The lowest BCUT2D eigenvalue weighted by Gasteiger charge is -2.43. The fourth-order valence-corrected chi connectivity index (χ4v) is 5.09. The van der Waals surface area contributed by atoms with Crippen LogP contribution >= 0.6 is 0 Å². The third-order valence-corrected chi connectivity index (χ3v) is 6.14. The van der Waals surface area contributed by atoms with Gasteiger partial charge in [-0.2, -0.15) is 0 Å². The molecule has 28 heavy (non-hydrogen) atoms. The summed E-state index contributed by atoms with van der Waals surface area (Å²) in [6.45, 7) is 6.11. The number of hydrogen-bond donors (Lipinski definition) is 1. The molecule has 1 spiro atoms. The molecule has 0 bridgehead atoms. The lowest BCUT2D eigenvalue weighted by Crippen LogP contribution is -2.59. The first-order valence-corrected chi connectivity index (χ1v) is 9.79. The van der Waals surface area contributed by atoms with Gasteiger partial charge in [-0.3, -0.25) is 9.59 Å². The van der Waals surface area contributed by atoms with Crippen molar-refractivity contribution in [3.05, 3.63) is 65.4 Å². The van der Waals surface area contributed by atoms with E-state index in [9.17, 15) is 9.59 Å². The highest BCUT2D eigenvalue weighted by Gasteiger charge is 2.60. The van der Waals surface area contributed by atoms with Gasteiger partial charge in [0.05, 0.1) is 11.4 Å². The maximum absolute atomic E-state index is 14.0. The van der Waals surface area contributed by atoms with Crippen LogP contribution in [-0.2, 0) is 21.5 Å². The Kier molecular flexibility index (Phi) is 3.48. The van der Waals surface area contributed by atoms with E-state index in [4.69, 9.17) is 0 Å². The SMILES string of the molecule is CC(=O)N1CCc2c([nH]c3ccccc23)[C@]12C(=O)N(C(C)C)c1ccccc12. The zero-order valence-electron chi connectivity index (χ0n) is 16.3. The van der Waals surface area contributed by atoms with E-state index in [1.165, 1.54) is 0 Å². The average molecular weight is 373 g/mol. The molecule has 5 heteroatoms. The molecule has 0 radical (unpaired) electrons. The van der Waals surface area contributed by atoms with E-state index in [1.807, 2.05) is 61.2 Å². The van der Waals surface area contributed by atoms with Crippen LogP contribution in [0, 0.1) is 0 Å². The molecule has 0 saturated heterocycles. The topological polar surface area (TPSA) is 56.4 Å². The molecule has 0 unspecified atom stereocenters. The van der Waals surface area contributed by atoms with Gasteiger partial charge in [-0.1, -0.05) is 36.4 Å². The van der Waals surface area contributed by atoms with E-state index in [1.54, 1.807) is 11.8 Å². The first-order chi connectivity index (χ1) is 13.5. The van der Waals surface area contributed by atoms with Gasteiger partial charge in [0.25, 0.3) is 5.91 Å². The number of benzene rings is 2.